The molecule has 1 amide bonds. The Balaban J connectivity index is 1.53. The molecule has 1 aliphatic rings. The molecule has 0 saturated carbocycles. The van der Waals surface area contributed by atoms with Crippen LogP contribution in [0, 0.1) is 5.92 Å². The van der Waals surface area contributed by atoms with Crippen molar-refractivity contribution in [3.8, 4) is 5.88 Å². The van der Waals surface area contributed by atoms with E-state index in [1.54, 1.807) is 18.3 Å². The van der Waals surface area contributed by atoms with Gasteiger partial charge in [-0.1, -0.05) is 31.2 Å². The van der Waals surface area contributed by atoms with Gasteiger partial charge in [0.1, 0.15) is 5.56 Å². The fourth-order valence-electron chi connectivity index (χ4n) is 3.45. The van der Waals surface area contributed by atoms with Gasteiger partial charge in [-0.15, -0.1) is 0 Å². The lowest BCUT2D eigenvalue weighted by atomic mass is 9.99. The van der Waals surface area contributed by atoms with Gasteiger partial charge in [0.2, 0.25) is 5.88 Å². The fourth-order valence-corrected chi connectivity index (χ4v) is 3.45. The van der Waals surface area contributed by atoms with Gasteiger partial charge in [-0.25, -0.2) is 4.98 Å². The molecule has 5 heteroatoms. The van der Waals surface area contributed by atoms with Crippen LogP contribution in [-0.4, -0.2) is 36.0 Å². The quantitative estimate of drug-likeness (QED) is 0.866. The van der Waals surface area contributed by atoms with E-state index >= 15 is 0 Å². The average Bonchev–Trinajstić information content (AvgIpc) is 2.67. The minimum Gasteiger partial charge on any atom is -0.480 e. The summed E-state index contributed by atoms with van der Waals surface area (Å²) in [5.74, 6) is 0.958. The predicted octanol–water partition coefficient (Wildman–Crippen LogP) is 3.25. The van der Waals surface area contributed by atoms with E-state index in [9.17, 15) is 4.79 Å². The Labute approximate surface area is 155 Å². The van der Waals surface area contributed by atoms with Gasteiger partial charge in [-0.05, 0) is 48.6 Å². The van der Waals surface area contributed by atoms with Crippen LogP contribution >= 0.6 is 0 Å². The summed E-state index contributed by atoms with van der Waals surface area (Å²) in [4.78, 5) is 18.9. The Hall–Kier alpha value is -2.40. The Kier molecular flexibility index (Phi) is 6.23. The van der Waals surface area contributed by atoms with Gasteiger partial charge in [0.25, 0.3) is 5.91 Å². The number of nitrogens with one attached hydrogen (secondary N) is 1. The Bertz CT molecular complexity index is 730. The number of carbonyl (C=O) groups excluding carboxylic acids is 1. The van der Waals surface area contributed by atoms with Gasteiger partial charge in [0.05, 0.1) is 7.11 Å². The first-order chi connectivity index (χ1) is 12.7. The normalized spacial score (nSPS) is 17.7. The zero-order chi connectivity index (χ0) is 18.4. The van der Waals surface area contributed by atoms with Gasteiger partial charge in [-0.3, -0.25) is 9.69 Å². The minimum absolute atomic E-state index is 0.179. The van der Waals surface area contributed by atoms with E-state index in [-0.39, 0.29) is 5.91 Å². The van der Waals surface area contributed by atoms with Crippen molar-refractivity contribution in [1.82, 2.24) is 15.2 Å². The lowest BCUT2D eigenvalue weighted by molar-refractivity contribution is 0.0947. The Morgan fingerprint density at radius 1 is 1.27 bits per heavy atom. The molecule has 0 bridgehead atoms. The summed E-state index contributed by atoms with van der Waals surface area (Å²) < 4.78 is 5.14. The van der Waals surface area contributed by atoms with E-state index < -0.39 is 0 Å². The minimum atomic E-state index is -0.179. The number of hydrogen-bond donors (Lipinski definition) is 1. The maximum atomic E-state index is 12.3. The first-order valence-electron chi connectivity index (χ1n) is 9.23. The van der Waals surface area contributed by atoms with Crippen LogP contribution in [0.4, 0.5) is 0 Å². The van der Waals surface area contributed by atoms with Crippen molar-refractivity contribution in [2.75, 3.05) is 20.2 Å². The third-order valence-electron chi connectivity index (χ3n) is 4.83. The van der Waals surface area contributed by atoms with Gasteiger partial charge in [0, 0.05) is 25.8 Å². The highest BCUT2D eigenvalue weighted by atomic mass is 16.5. The zero-order valence-corrected chi connectivity index (χ0v) is 15.6. The van der Waals surface area contributed by atoms with E-state index in [4.69, 9.17) is 4.74 Å². The molecule has 1 unspecified atom stereocenters. The van der Waals surface area contributed by atoms with Crippen LogP contribution in [0.15, 0.2) is 42.6 Å². The number of pyridine rings is 1. The number of hydrogen-bond acceptors (Lipinski definition) is 4. The molecule has 1 atom stereocenters. The average molecular weight is 353 g/mol. The molecular formula is C21H27N3O2. The summed E-state index contributed by atoms with van der Waals surface area (Å²) in [5.41, 5.74) is 2.85. The lowest BCUT2D eigenvalue weighted by Crippen LogP contribution is -2.33. The van der Waals surface area contributed by atoms with Crippen molar-refractivity contribution in [2.24, 2.45) is 5.92 Å². The van der Waals surface area contributed by atoms with Crippen LogP contribution in [0.1, 0.15) is 41.3 Å². The Morgan fingerprint density at radius 2 is 2.04 bits per heavy atom. The van der Waals surface area contributed by atoms with Crippen LogP contribution in [0.2, 0.25) is 0 Å². The molecule has 5 nitrogen and oxygen atoms in total. The number of rotatable bonds is 6. The van der Waals surface area contributed by atoms with Crippen LogP contribution in [0.25, 0.3) is 0 Å². The molecule has 0 spiro atoms. The Morgan fingerprint density at radius 3 is 2.77 bits per heavy atom. The standard InChI is InChI=1S/C21H27N3O2/c1-16-5-4-12-24(14-16)15-18-9-7-17(8-10-18)13-23-20(25)19-6-3-11-22-21(19)26-2/h3,6-11,16H,4-5,12-15H2,1-2H3,(H,23,25). The molecule has 1 aliphatic heterocycles. The van der Waals surface area contributed by atoms with Gasteiger partial charge >= 0.3 is 0 Å². The van der Waals surface area contributed by atoms with E-state index in [0.717, 1.165) is 18.0 Å². The third kappa shape index (κ3) is 4.82. The van der Waals surface area contributed by atoms with Gasteiger partial charge in [-0.2, -0.15) is 0 Å². The highest BCUT2D eigenvalue weighted by molar-refractivity contribution is 5.96. The number of piperidine rings is 1. The molecule has 1 N–H and O–H groups in total. The van der Waals surface area contributed by atoms with Crippen molar-refractivity contribution in [3.05, 3.63) is 59.3 Å². The second-order valence-electron chi connectivity index (χ2n) is 7.04. The first kappa shape index (κ1) is 18.4. The summed E-state index contributed by atoms with van der Waals surface area (Å²) in [6.45, 7) is 6.19. The zero-order valence-electron chi connectivity index (χ0n) is 15.6. The molecule has 3 rings (SSSR count). The molecule has 26 heavy (non-hydrogen) atoms. The molecule has 2 heterocycles. The number of carbonyl (C=O) groups is 1. The highest BCUT2D eigenvalue weighted by Gasteiger charge is 2.16. The lowest BCUT2D eigenvalue weighted by Gasteiger charge is -2.30. The largest absolute Gasteiger partial charge is 0.480 e. The fraction of sp³-hybridized carbons (Fsp3) is 0.429. The SMILES string of the molecule is COc1ncccc1C(=O)NCc1ccc(CN2CCCC(C)C2)cc1. The molecule has 0 aliphatic carbocycles. The summed E-state index contributed by atoms with van der Waals surface area (Å²) >= 11 is 0. The summed E-state index contributed by atoms with van der Waals surface area (Å²) in [5, 5.41) is 2.93. The first-order valence-corrected chi connectivity index (χ1v) is 9.23. The smallest absolute Gasteiger partial charge is 0.257 e. The van der Waals surface area contributed by atoms with E-state index in [2.05, 4.69) is 46.4 Å². The van der Waals surface area contributed by atoms with Crippen molar-refractivity contribution >= 4 is 5.91 Å². The third-order valence-corrected chi connectivity index (χ3v) is 4.83. The van der Waals surface area contributed by atoms with E-state index in [0.29, 0.717) is 18.0 Å². The van der Waals surface area contributed by atoms with Crippen molar-refractivity contribution in [1.29, 1.82) is 0 Å². The molecule has 2 aromatic rings. The molecule has 1 fully saturated rings. The number of aromatic nitrogens is 1. The summed E-state index contributed by atoms with van der Waals surface area (Å²) in [6, 6.07) is 11.9. The molecule has 1 aromatic carbocycles. The molecule has 1 aromatic heterocycles. The highest BCUT2D eigenvalue weighted by Crippen LogP contribution is 2.18. The van der Waals surface area contributed by atoms with Crippen molar-refractivity contribution in [3.63, 3.8) is 0 Å². The number of methoxy groups -OCH3 is 1. The molecule has 138 valence electrons. The van der Waals surface area contributed by atoms with Crippen LogP contribution in [-0.2, 0) is 13.1 Å². The number of nitrogens with zero attached hydrogens (tertiary/aromatic N) is 2. The number of likely N-dealkylation sites (tertiary alicyclic amines) is 1. The number of ether oxygens (including phenoxy) is 1. The predicted molar refractivity (Wildman–Crippen MR) is 102 cm³/mol. The van der Waals surface area contributed by atoms with E-state index in [1.165, 1.54) is 38.6 Å². The maximum Gasteiger partial charge on any atom is 0.257 e. The van der Waals surface area contributed by atoms with E-state index in [1.807, 2.05) is 0 Å². The second kappa shape index (κ2) is 8.81. The summed E-state index contributed by atoms with van der Waals surface area (Å²) in [6.07, 6.45) is 4.25. The van der Waals surface area contributed by atoms with Crippen molar-refractivity contribution < 1.29 is 9.53 Å². The number of amides is 1. The topological polar surface area (TPSA) is 54.5 Å². The summed E-state index contributed by atoms with van der Waals surface area (Å²) in [7, 11) is 1.51. The van der Waals surface area contributed by atoms with Crippen LogP contribution in [0.5, 0.6) is 5.88 Å². The monoisotopic (exact) mass is 353 g/mol. The molecule has 0 radical (unpaired) electrons. The number of benzene rings is 1. The van der Waals surface area contributed by atoms with Gasteiger partial charge in [0.15, 0.2) is 0 Å². The second-order valence-corrected chi connectivity index (χ2v) is 7.04. The van der Waals surface area contributed by atoms with Gasteiger partial charge < -0.3 is 10.1 Å². The molecular weight excluding hydrogens is 326 g/mol. The molecule has 1 saturated heterocycles. The van der Waals surface area contributed by atoms with Crippen LogP contribution < -0.4 is 10.1 Å². The maximum absolute atomic E-state index is 12.3. The van der Waals surface area contributed by atoms with Crippen LogP contribution in [0.3, 0.4) is 0 Å². The van der Waals surface area contributed by atoms with Crippen molar-refractivity contribution in [2.45, 2.75) is 32.9 Å².